The van der Waals surface area contributed by atoms with Crippen LogP contribution in [0.1, 0.15) is 31.2 Å². The smallest absolute Gasteiger partial charge is 0.382 e. The van der Waals surface area contributed by atoms with Crippen LogP contribution in [0.5, 0.6) is 0 Å². The highest BCUT2D eigenvalue weighted by atomic mass is 19.4. The van der Waals surface area contributed by atoms with Gasteiger partial charge in [0.1, 0.15) is 0 Å². The van der Waals surface area contributed by atoms with Crippen LogP contribution in [0.15, 0.2) is 18.2 Å². The number of rotatable bonds is 1. The standard InChI is InChI=1S/C14H17F3N2/c15-14(16,17)10-5-6-13-12(9-10)18-7-8-19(13)11-3-1-2-4-11/h5-6,9,11,18H,1-4,7-8H2. The van der Waals surface area contributed by atoms with Crippen molar-refractivity contribution in [2.24, 2.45) is 0 Å². The maximum atomic E-state index is 12.7. The van der Waals surface area contributed by atoms with E-state index in [9.17, 15) is 13.2 Å². The average molecular weight is 270 g/mol. The predicted molar refractivity (Wildman–Crippen MR) is 69.5 cm³/mol. The second kappa shape index (κ2) is 4.62. The minimum absolute atomic E-state index is 0.498. The summed E-state index contributed by atoms with van der Waals surface area (Å²) in [5, 5.41) is 3.09. The van der Waals surface area contributed by atoms with Crippen molar-refractivity contribution in [2.45, 2.75) is 37.9 Å². The van der Waals surface area contributed by atoms with Gasteiger partial charge in [0.2, 0.25) is 0 Å². The Labute approximate surface area is 110 Å². The molecule has 0 aromatic heterocycles. The monoisotopic (exact) mass is 270 g/mol. The molecule has 1 fully saturated rings. The summed E-state index contributed by atoms with van der Waals surface area (Å²) in [5.74, 6) is 0. The van der Waals surface area contributed by atoms with Crippen LogP contribution in [0, 0.1) is 0 Å². The number of fused-ring (bicyclic) bond motifs is 1. The van der Waals surface area contributed by atoms with Crippen LogP contribution in [-0.4, -0.2) is 19.1 Å². The van der Waals surface area contributed by atoms with Crippen molar-refractivity contribution in [1.82, 2.24) is 0 Å². The molecular weight excluding hydrogens is 253 g/mol. The highest BCUT2D eigenvalue weighted by Gasteiger charge is 2.33. The van der Waals surface area contributed by atoms with Gasteiger partial charge in [-0.1, -0.05) is 12.8 Å². The summed E-state index contributed by atoms with van der Waals surface area (Å²) >= 11 is 0. The van der Waals surface area contributed by atoms with Crippen LogP contribution in [-0.2, 0) is 6.18 Å². The highest BCUT2D eigenvalue weighted by Crippen LogP contribution is 2.39. The van der Waals surface area contributed by atoms with Gasteiger partial charge in [-0.05, 0) is 31.0 Å². The summed E-state index contributed by atoms with van der Waals surface area (Å²) < 4.78 is 38.1. The minimum atomic E-state index is -4.27. The van der Waals surface area contributed by atoms with Crippen molar-refractivity contribution in [2.75, 3.05) is 23.3 Å². The molecule has 5 heteroatoms. The maximum Gasteiger partial charge on any atom is 0.416 e. The highest BCUT2D eigenvalue weighted by molar-refractivity contribution is 5.73. The first kappa shape index (κ1) is 12.6. The number of hydrogen-bond acceptors (Lipinski definition) is 2. The van der Waals surface area contributed by atoms with E-state index in [1.807, 2.05) is 0 Å². The molecule has 2 aliphatic rings. The minimum Gasteiger partial charge on any atom is -0.382 e. The maximum absolute atomic E-state index is 12.7. The zero-order valence-electron chi connectivity index (χ0n) is 10.6. The van der Waals surface area contributed by atoms with E-state index >= 15 is 0 Å². The molecule has 104 valence electrons. The van der Waals surface area contributed by atoms with Crippen molar-refractivity contribution in [1.29, 1.82) is 0 Å². The summed E-state index contributed by atoms with van der Waals surface area (Å²) in [7, 11) is 0. The molecule has 1 heterocycles. The summed E-state index contributed by atoms with van der Waals surface area (Å²) in [6, 6.07) is 4.53. The lowest BCUT2D eigenvalue weighted by Gasteiger charge is -2.37. The summed E-state index contributed by atoms with van der Waals surface area (Å²) in [6.45, 7) is 1.59. The van der Waals surface area contributed by atoms with E-state index in [-0.39, 0.29) is 0 Å². The van der Waals surface area contributed by atoms with Crippen LogP contribution < -0.4 is 10.2 Å². The third kappa shape index (κ3) is 2.38. The number of alkyl halides is 3. The fourth-order valence-electron chi connectivity index (χ4n) is 3.13. The largest absolute Gasteiger partial charge is 0.416 e. The predicted octanol–water partition coefficient (Wildman–Crippen LogP) is 3.88. The molecule has 1 saturated carbocycles. The molecular formula is C14H17F3N2. The Balaban J connectivity index is 1.92. The normalized spacial score (nSPS) is 20.3. The molecule has 0 spiro atoms. The molecule has 1 aliphatic carbocycles. The Morgan fingerprint density at radius 2 is 1.89 bits per heavy atom. The third-order valence-electron chi connectivity index (χ3n) is 4.07. The number of anilines is 2. The van der Waals surface area contributed by atoms with E-state index in [0.717, 1.165) is 25.1 Å². The molecule has 0 bridgehead atoms. The van der Waals surface area contributed by atoms with Crippen LogP contribution in [0.25, 0.3) is 0 Å². The zero-order valence-corrected chi connectivity index (χ0v) is 10.6. The fourth-order valence-corrected chi connectivity index (χ4v) is 3.13. The zero-order chi connectivity index (χ0) is 13.5. The molecule has 1 aromatic carbocycles. The number of nitrogens with one attached hydrogen (secondary N) is 1. The summed E-state index contributed by atoms with van der Waals surface area (Å²) in [6.07, 6.45) is 0.488. The molecule has 0 unspecified atom stereocenters. The molecule has 0 atom stereocenters. The van der Waals surface area contributed by atoms with Gasteiger partial charge in [-0.25, -0.2) is 0 Å². The van der Waals surface area contributed by atoms with Crippen molar-refractivity contribution < 1.29 is 13.2 Å². The lowest BCUT2D eigenvalue weighted by atomic mass is 10.1. The van der Waals surface area contributed by atoms with Gasteiger partial charge in [0.15, 0.2) is 0 Å². The molecule has 3 rings (SSSR count). The van der Waals surface area contributed by atoms with Gasteiger partial charge >= 0.3 is 6.18 Å². The van der Waals surface area contributed by atoms with Gasteiger partial charge in [0, 0.05) is 19.1 Å². The molecule has 1 aliphatic heterocycles. The second-order valence-electron chi connectivity index (χ2n) is 5.29. The summed E-state index contributed by atoms with van der Waals surface area (Å²) in [4.78, 5) is 2.28. The summed E-state index contributed by atoms with van der Waals surface area (Å²) in [5.41, 5.74) is 0.964. The van der Waals surface area contributed by atoms with Crippen LogP contribution >= 0.6 is 0 Å². The van der Waals surface area contributed by atoms with Crippen LogP contribution in [0.3, 0.4) is 0 Å². The van der Waals surface area contributed by atoms with Crippen molar-refractivity contribution in [3.05, 3.63) is 23.8 Å². The van der Waals surface area contributed by atoms with Gasteiger partial charge in [0.25, 0.3) is 0 Å². The van der Waals surface area contributed by atoms with Crippen LogP contribution in [0.2, 0.25) is 0 Å². The molecule has 1 N–H and O–H groups in total. The fraction of sp³-hybridized carbons (Fsp3) is 0.571. The lowest BCUT2D eigenvalue weighted by Crippen LogP contribution is -2.40. The molecule has 2 nitrogen and oxygen atoms in total. The Kier molecular flexibility index (Phi) is 3.07. The first-order valence-corrected chi connectivity index (χ1v) is 6.77. The lowest BCUT2D eigenvalue weighted by molar-refractivity contribution is -0.137. The number of hydrogen-bond donors (Lipinski definition) is 1. The SMILES string of the molecule is FC(F)(F)c1ccc2c(c1)NCCN2C1CCCC1. The van der Waals surface area contributed by atoms with Gasteiger partial charge in [-0.3, -0.25) is 0 Å². The molecule has 19 heavy (non-hydrogen) atoms. The van der Waals surface area contributed by atoms with Crippen molar-refractivity contribution in [3.63, 3.8) is 0 Å². The van der Waals surface area contributed by atoms with Gasteiger partial charge in [-0.2, -0.15) is 13.2 Å². The number of halogens is 3. The van der Waals surface area contributed by atoms with E-state index in [1.54, 1.807) is 6.07 Å². The quantitative estimate of drug-likeness (QED) is 0.833. The van der Waals surface area contributed by atoms with E-state index in [4.69, 9.17) is 0 Å². The van der Waals surface area contributed by atoms with E-state index < -0.39 is 11.7 Å². The van der Waals surface area contributed by atoms with E-state index in [2.05, 4.69) is 10.2 Å². The van der Waals surface area contributed by atoms with Gasteiger partial charge in [-0.15, -0.1) is 0 Å². The molecule has 0 saturated heterocycles. The van der Waals surface area contributed by atoms with Gasteiger partial charge < -0.3 is 10.2 Å². The number of benzene rings is 1. The molecule has 1 aromatic rings. The van der Waals surface area contributed by atoms with E-state index in [1.165, 1.54) is 25.0 Å². The first-order valence-electron chi connectivity index (χ1n) is 6.77. The molecule has 0 radical (unpaired) electrons. The van der Waals surface area contributed by atoms with Gasteiger partial charge in [0.05, 0.1) is 16.9 Å². The Bertz CT molecular complexity index is 464. The molecule has 0 amide bonds. The Morgan fingerprint density at radius 3 is 2.58 bits per heavy atom. The second-order valence-corrected chi connectivity index (χ2v) is 5.29. The van der Waals surface area contributed by atoms with E-state index in [0.29, 0.717) is 18.3 Å². The Morgan fingerprint density at radius 1 is 1.16 bits per heavy atom. The topological polar surface area (TPSA) is 15.3 Å². The third-order valence-corrected chi connectivity index (χ3v) is 4.07. The van der Waals surface area contributed by atoms with Crippen LogP contribution in [0.4, 0.5) is 24.5 Å². The van der Waals surface area contributed by atoms with Crippen molar-refractivity contribution >= 4 is 11.4 Å². The first-order chi connectivity index (χ1) is 9.05. The van der Waals surface area contributed by atoms with Crippen molar-refractivity contribution in [3.8, 4) is 0 Å². The number of nitrogens with zero attached hydrogens (tertiary/aromatic N) is 1. The Hall–Kier alpha value is -1.39. The average Bonchev–Trinajstić information content (AvgIpc) is 2.90.